The first-order valence-corrected chi connectivity index (χ1v) is 21.3. The second kappa shape index (κ2) is 12.1. The van der Waals surface area contributed by atoms with Crippen molar-refractivity contribution < 1.29 is 17.7 Å². The van der Waals surface area contributed by atoms with Crippen molar-refractivity contribution in [1.29, 1.82) is 0 Å². The van der Waals surface area contributed by atoms with E-state index in [1.807, 2.05) is 0 Å². The lowest BCUT2D eigenvalue weighted by Crippen LogP contribution is -2.09. The maximum atomic E-state index is 6.63. The minimum absolute atomic E-state index is 0.813. The number of hydrogen-bond donors (Lipinski definition) is 0. The Bertz CT molecular complexity index is 4180. The van der Waals surface area contributed by atoms with Gasteiger partial charge in [-0.25, -0.2) is 0 Å². The average Bonchev–Trinajstić information content (AvgIpc) is 4.08. The topological polar surface area (TPSA) is 55.8 Å². The van der Waals surface area contributed by atoms with Crippen molar-refractivity contribution in [2.24, 2.45) is 0 Å². The molecule has 0 N–H and O–H groups in total. The SMILES string of the molecule is c1ccc(N(c2ccc3cc4c(cc3c2)oc2ccc3c5cc6ccccc6cc5oc3c24)c2ccc3cc4c(cc3c2)oc2ccc3c5cc6ccccc6cc5oc3c24)cc1. The molecule has 5 heteroatoms. The molecule has 0 aliphatic carbocycles. The van der Waals surface area contributed by atoms with E-state index in [0.717, 1.165) is 137 Å². The van der Waals surface area contributed by atoms with E-state index >= 15 is 0 Å². The number of rotatable bonds is 3. The van der Waals surface area contributed by atoms with Crippen LogP contribution in [0.2, 0.25) is 0 Å². The lowest BCUT2D eigenvalue weighted by Gasteiger charge is -2.26. The Labute approximate surface area is 357 Å². The number of nitrogens with zero attached hydrogens (tertiary/aromatic N) is 1. The molecule has 4 heterocycles. The molecule has 0 bridgehead atoms. The van der Waals surface area contributed by atoms with Gasteiger partial charge >= 0.3 is 0 Å². The summed E-state index contributed by atoms with van der Waals surface area (Å²) in [5, 5.41) is 17.6. The molecule has 0 saturated heterocycles. The van der Waals surface area contributed by atoms with Gasteiger partial charge in [-0.2, -0.15) is 0 Å². The van der Waals surface area contributed by atoms with Crippen molar-refractivity contribution in [3.05, 3.63) is 188 Å². The van der Waals surface area contributed by atoms with Gasteiger partial charge in [0.25, 0.3) is 0 Å². The molecule has 11 aromatic carbocycles. The summed E-state index contributed by atoms with van der Waals surface area (Å²) >= 11 is 0. The number of para-hydroxylation sites is 1. The van der Waals surface area contributed by atoms with Crippen molar-refractivity contribution in [2.75, 3.05) is 4.90 Å². The van der Waals surface area contributed by atoms with E-state index in [0.29, 0.717) is 0 Å². The largest absolute Gasteiger partial charge is 0.456 e. The lowest BCUT2D eigenvalue weighted by atomic mass is 10.0. The van der Waals surface area contributed by atoms with E-state index in [2.05, 4.69) is 193 Å². The molecular weight excluding hydrogens is 775 g/mol. The standard InChI is InChI=1S/C58H31NO4/c1-2-12-40(13-3-1)59(41-16-14-36-26-47-53(30-38(36)22-41)60-49-20-18-43-45-24-32-8-4-6-10-34(32)28-51(45)62-57(43)55(47)49)42-17-15-37-27-48-54(31-39(37)23-42)61-50-21-19-44-46-25-33-9-5-7-11-35(33)29-52(46)63-58(44)56(48)50/h1-31H. The second-order valence-corrected chi connectivity index (χ2v) is 16.9. The first-order chi connectivity index (χ1) is 31.1. The van der Waals surface area contributed by atoms with E-state index in [1.54, 1.807) is 0 Å². The summed E-state index contributed by atoms with van der Waals surface area (Å²) in [4.78, 5) is 2.31. The van der Waals surface area contributed by atoms with Gasteiger partial charge in [0.1, 0.15) is 44.7 Å². The van der Waals surface area contributed by atoms with Crippen LogP contribution in [0, 0.1) is 0 Å². The highest BCUT2D eigenvalue weighted by Crippen LogP contribution is 2.45. The summed E-state index contributed by atoms with van der Waals surface area (Å²) < 4.78 is 26.4. The molecule has 0 aliphatic rings. The molecule has 0 unspecified atom stereocenters. The monoisotopic (exact) mass is 805 g/mol. The fraction of sp³-hybridized carbons (Fsp3) is 0. The van der Waals surface area contributed by atoms with E-state index < -0.39 is 0 Å². The molecule has 0 aliphatic heterocycles. The molecule has 292 valence electrons. The number of benzene rings is 11. The summed E-state index contributed by atoms with van der Waals surface area (Å²) in [5.41, 5.74) is 9.90. The van der Waals surface area contributed by atoms with Crippen LogP contribution in [0.15, 0.2) is 206 Å². The fourth-order valence-corrected chi connectivity index (χ4v) is 10.3. The molecule has 4 aromatic heterocycles. The Morgan fingerprint density at radius 3 is 1.13 bits per heavy atom. The van der Waals surface area contributed by atoms with E-state index in [1.165, 1.54) is 10.8 Å². The van der Waals surface area contributed by atoms with Gasteiger partial charge in [-0.05, 0) is 152 Å². The highest BCUT2D eigenvalue weighted by atomic mass is 16.4. The zero-order valence-corrected chi connectivity index (χ0v) is 33.5. The van der Waals surface area contributed by atoms with Gasteiger partial charge < -0.3 is 22.6 Å². The smallest absolute Gasteiger partial charge is 0.147 e. The molecule has 15 aromatic rings. The van der Waals surface area contributed by atoms with Crippen LogP contribution >= 0.6 is 0 Å². The number of fused-ring (bicyclic) bond motifs is 18. The summed E-state index contributed by atoms with van der Waals surface area (Å²) in [5.74, 6) is 0. The first-order valence-electron chi connectivity index (χ1n) is 21.3. The van der Waals surface area contributed by atoms with Crippen molar-refractivity contribution in [1.82, 2.24) is 0 Å². The molecule has 15 rings (SSSR count). The van der Waals surface area contributed by atoms with Crippen molar-refractivity contribution in [3.63, 3.8) is 0 Å². The third kappa shape index (κ3) is 4.71. The second-order valence-electron chi connectivity index (χ2n) is 16.9. The van der Waals surface area contributed by atoms with Crippen molar-refractivity contribution in [2.45, 2.75) is 0 Å². The minimum Gasteiger partial charge on any atom is -0.456 e. The summed E-state index contributed by atoms with van der Waals surface area (Å²) in [6.45, 7) is 0. The number of hydrogen-bond acceptors (Lipinski definition) is 5. The van der Waals surface area contributed by atoms with Gasteiger partial charge in [0.2, 0.25) is 0 Å². The lowest BCUT2D eigenvalue weighted by molar-refractivity contribution is 0.662. The minimum atomic E-state index is 0.813. The van der Waals surface area contributed by atoms with Crippen LogP contribution < -0.4 is 4.90 Å². The Morgan fingerprint density at radius 2 is 0.635 bits per heavy atom. The Kier molecular flexibility index (Phi) is 6.36. The van der Waals surface area contributed by atoms with Crippen LogP contribution in [-0.2, 0) is 0 Å². The maximum absolute atomic E-state index is 6.63. The Balaban J connectivity index is 0.869. The maximum Gasteiger partial charge on any atom is 0.147 e. The van der Waals surface area contributed by atoms with Crippen LogP contribution in [0.25, 0.3) is 131 Å². The highest BCUT2D eigenvalue weighted by Gasteiger charge is 2.21. The van der Waals surface area contributed by atoms with Crippen molar-refractivity contribution >= 4 is 148 Å². The number of anilines is 3. The van der Waals surface area contributed by atoms with Gasteiger partial charge in [0.05, 0.1) is 10.8 Å². The predicted octanol–water partition coefficient (Wildman–Crippen LogP) is 17.4. The fourth-order valence-electron chi connectivity index (χ4n) is 10.3. The quantitative estimate of drug-likeness (QED) is 0.178. The Morgan fingerprint density at radius 1 is 0.238 bits per heavy atom. The normalized spacial score (nSPS) is 12.4. The highest BCUT2D eigenvalue weighted by molar-refractivity contribution is 6.26. The van der Waals surface area contributed by atoms with E-state index in [4.69, 9.17) is 17.7 Å². The summed E-state index contributed by atoms with van der Waals surface area (Å²) in [6.07, 6.45) is 0. The summed E-state index contributed by atoms with van der Waals surface area (Å²) in [6, 6.07) is 66.7. The van der Waals surface area contributed by atoms with Gasteiger partial charge in [-0.15, -0.1) is 0 Å². The van der Waals surface area contributed by atoms with Gasteiger partial charge in [0, 0.05) is 49.4 Å². The van der Waals surface area contributed by atoms with Crippen LogP contribution in [0.3, 0.4) is 0 Å². The molecular formula is C58H31NO4. The molecule has 5 nitrogen and oxygen atoms in total. The first kappa shape index (κ1) is 33.2. The zero-order chi connectivity index (χ0) is 40.9. The third-order valence-corrected chi connectivity index (χ3v) is 13.3. The molecule has 0 saturated carbocycles. The number of furan rings is 4. The zero-order valence-electron chi connectivity index (χ0n) is 33.5. The Hall–Kier alpha value is -8.54. The third-order valence-electron chi connectivity index (χ3n) is 13.3. The van der Waals surface area contributed by atoms with Crippen LogP contribution in [0.4, 0.5) is 17.1 Å². The van der Waals surface area contributed by atoms with Crippen LogP contribution in [-0.4, -0.2) is 0 Å². The predicted molar refractivity (Wildman–Crippen MR) is 260 cm³/mol. The molecule has 0 spiro atoms. The molecule has 0 amide bonds. The van der Waals surface area contributed by atoms with Crippen LogP contribution in [0.5, 0.6) is 0 Å². The van der Waals surface area contributed by atoms with Crippen LogP contribution in [0.1, 0.15) is 0 Å². The molecule has 63 heavy (non-hydrogen) atoms. The van der Waals surface area contributed by atoms with Gasteiger partial charge in [-0.3, -0.25) is 0 Å². The van der Waals surface area contributed by atoms with E-state index in [-0.39, 0.29) is 0 Å². The molecule has 0 radical (unpaired) electrons. The average molecular weight is 806 g/mol. The summed E-state index contributed by atoms with van der Waals surface area (Å²) in [7, 11) is 0. The molecule has 0 fully saturated rings. The van der Waals surface area contributed by atoms with Gasteiger partial charge in [0.15, 0.2) is 0 Å². The molecule has 0 atom stereocenters. The van der Waals surface area contributed by atoms with Crippen molar-refractivity contribution in [3.8, 4) is 0 Å². The van der Waals surface area contributed by atoms with Gasteiger partial charge in [-0.1, -0.05) is 78.9 Å². The van der Waals surface area contributed by atoms with E-state index in [9.17, 15) is 0 Å².